The van der Waals surface area contributed by atoms with Crippen LogP contribution in [0, 0.1) is 0 Å². The quantitative estimate of drug-likeness (QED) is 0.904. The Bertz CT molecular complexity index is 635. The van der Waals surface area contributed by atoms with Crippen molar-refractivity contribution in [2.75, 3.05) is 11.9 Å². The Kier molecular flexibility index (Phi) is 4.40. The number of anilines is 1. The fourth-order valence-electron chi connectivity index (χ4n) is 1.77. The van der Waals surface area contributed by atoms with Gasteiger partial charge in [-0.05, 0) is 48.8 Å². The first-order chi connectivity index (χ1) is 9.35. The molecule has 0 saturated heterocycles. The van der Waals surface area contributed by atoms with Gasteiger partial charge in [0.25, 0.3) is 0 Å². The van der Waals surface area contributed by atoms with Gasteiger partial charge in [0.1, 0.15) is 0 Å². The molecule has 2 N–H and O–H groups in total. The third-order valence-corrected chi connectivity index (χ3v) is 3.16. The number of halogens is 1. The first kappa shape index (κ1) is 14.9. The third-order valence-electron chi connectivity index (χ3n) is 2.73. The molecular weight excluding hydrogens is 318 g/mol. The van der Waals surface area contributed by atoms with Crippen LogP contribution in [0.3, 0.4) is 0 Å². The van der Waals surface area contributed by atoms with Crippen molar-refractivity contribution >= 4 is 38.4 Å². The highest BCUT2D eigenvalue weighted by molar-refractivity contribution is 9.10. The standard InChI is InChI=1S/C15H18BrN3O/c1-15(2,3)18-9-13(20)19-12-6-4-5-10-7-11(16)8-17-14(10)12/h4-8,18H,9H2,1-3H3,(H,19,20). The van der Waals surface area contributed by atoms with Crippen molar-refractivity contribution in [2.24, 2.45) is 0 Å². The molecule has 20 heavy (non-hydrogen) atoms. The predicted molar refractivity (Wildman–Crippen MR) is 85.8 cm³/mol. The number of benzene rings is 1. The fraction of sp³-hybridized carbons (Fsp3) is 0.333. The van der Waals surface area contributed by atoms with Crippen LogP contribution >= 0.6 is 15.9 Å². The summed E-state index contributed by atoms with van der Waals surface area (Å²) in [5.74, 6) is -0.0721. The SMILES string of the molecule is CC(C)(C)NCC(=O)Nc1cccc2cc(Br)cnc12. The Morgan fingerprint density at radius 1 is 1.35 bits per heavy atom. The summed E-state index contributed by atoms with van der Waals surface area (Å²) in [6, 6.07) is 7.71. The van der Waals surface area contributed by atoms with Crippen LogP contribution in [-0.2, 0) is 4.79 Å². The molecule has 0 atom stereocenters. The number of rotatable bonds is 3. The minimum atomic E-state index is -0.0841. The zero-order chi connectivity index (χ0) is 14.8. The van der Waals surface area contributed by atoms with Crippen LogP contribution in [0.2, 0.25) is 0 Å². The number of carbonyl (C=O) groups is 1. The molecule has 0 saturated carbocycles. The van der Waals surface area contributed by atoms with Crippen LogP contribution in [0.25, 0.3) is 10.9 Å². The van der Waals surface area contributed by atoms with Gasteiger partial charge in [-0.25, -0.2) is 0 Å². The smallest absolute Gasteiger partial charge is 0.238 e. The molecule has 0 bridgehead atoms. The van der Waals surface area contributed by atoms with Crippen LogP contribution in [0.4, 0.5) is 5.69 Å². The number of para-hydroxylation sites is 1. The van der Waals surface area contributed by atoms with E-state index in [1.165, 1.54) is 0 Å². The molecule has 0 unspecified atom stereocenters. The van der Waals surface area contributed by atoms with Crippen molar-refractivity contribution in [1.82, 2.24) is 10.3 Å². The summed E-state index contributed by atoms with van der Waals surface area (Å²) in [6.45, 7) is 6.35. The molecule has 1 heterocycles. The molecule has 0 aliphatic heterocycles. The van der Waals surface area contributed by atoms with E-state index < -0.39 is 0 Å². The highest BCUT2D eigenvalue weighted by atomic mass is 79.9. The Morgan fingerprint density at radius 3 is 2.80 bits per heavy atom. The molecule has 0 fully saturated rings. The van der Waals surface area contributed by atoms with E-state index in [0.717, 1.165) is 21.1 Å². The van der Waals surface area contributed by atoms with Gasteiger partial charge in [0.05, 0.1) is 17.7 Å². The van der Waals surface area contributed by atoms with Gasteiger partial charge in [0.2, 0.25) is 5.91 Å². The van der Waals surface area contributed by atoms with E-state index in [2.05, 4.69) is 31.5 Å². The van der Waals surface area contributed by atoms with Gasteiger partial charge >= 0.3 is 0 Å². The van der Waals surface area contributed by atoms with Crippen molar-refractivity contribution in [3.8, 4) is 0 Å². The first-order valence-corrected chi connectivity index (χ1v) is 7.24. The number of fused-ring (bicyclic) bond motifs is 1. The lowest BCUT2D eigenvalue weighted by molar-refractivity contribution is -0.115. The number of nitrogens with zero attached hydrogens (tertiary/aromatic N) is 1. The number of pyridine rings is 1. The lowest BCUT2D eigenvalue weighted by Gasteiger charge is -2.20. The summed E-state index contributed by atoms with van der Waals surface area (Å²) < 4.78 is 0.919. The van der Waals surface area contributed by atoms with Gasteiger partial charge in [0, 0.05) is 21.6 Å². The number of amides is 1. The van der Waals surface area contributed by atoms with E-state index >= 15 is 0 Å². The van der Waals surface area contributed by atoms with Gasteiger partial charge in [0.15, 0.2) is 0 Å². The molecule has 1 amide bonds. The maximum Gasteiger partial charge on any atom is 0.238 e. The Morgan fingerprint density at radius 2 is 2.10 bits per heavy atom. The predicted octanol–water partition coefficient (Wildman–Crippen LogP) is 3.32. The van der Waals surface area contributed by atoms with Crippen LogP contribution in [0.15, 0.2) is 34.9 Å². The van der Waals surface area contributed by atoms with E-state index in [4.69, 9.17) is 0 Å². The molecule has 4 nitrogen and oxygen atoms in total. The minimum Gasteiger partial charge on any atom is -0.323 e. The second-order valence-corrected chi connectivity index (χ2v) is 6.60. The molecule has 106 valence electrons. The Hall–Kier alpha value is -1.46. The van der Waals surface area contributed by atoms with Gasteiger partial charge in [-0.15, -0.1) is 0 Å². The highest BCUT2D eigenvalue weighted by Gasteiger charge is 2.12. The fourth-order valence-corrected chi connectivity index (χ4v) is 2.12. The molecular formula is C15H18BrN3O. The maximum atomic E-state index is 12.0. The molecule has 1 aromatic carbocycles. The van der Waals surface area contributed by atoms with E-state index in [1.807, 2.05) is 45.0 Å². The second-order valence-electron chi connectivity index (χ2n) is 5.68. The van der Waals surface area contributed by atoms with Gasteiger partial charge in [-0.2, -0.15) is 0 Å². The molecule has 2 aromatic rings. The first-order valence-electron chi connectivity index (χ1n) is 6.44. The van der Waals surface area contributed by atoms with E-state index in [0.29, 0.717) is 0 Å². The summed E-state index contributed by atoms with van der Waals surface area (Å²) in [4.78, 5) is 16.3. The summed E-state index contributed by atoms with van der Waals surface area (Å²) in [6.07, 6.45) is 1.73. The van der Waals surface area contributed by atoms with Crippen molar-refractivity contribution in [2.45, 2.75) is 26.3 Å². The molecule has 1 aromatic heterocycles. The van der Waals surface area contributed by atoms with Gasteiger partial charge in [-0.3, -0.25) is 9.78 Å². The summed E-state index contributed by atoms with van der Waals surface area (Å²) in [7, 11) is 0. The highest BCUT2D eigenvalue weighted by Crippen LogP contribution is 2.23. The number of aromatic nitrogens is 1. The average Bonchev–Trinajstić information content (AvgIpc) is 2.35. The Labute approximate surface area is 127 Å². The lowest BCUT2D eigenvalue weighted by Crippen LogP contribution is -2.41. The van der Waals surface area contributed by atoms with Gasteiger partial charge < -0.3 is 10.6 Å². The zero-order valence-corrected chi connectivity index (χ0v) is 13.4. The lowest BCUT2D eigenvalue weighted by atomic mass is 10.1. The Balaban J connectivity index is 2.15. The topological polar surface area (TPSA) is 54.0 Å². The number of hydrogen-bond donors (Lipinski definition) is 2. The molecule has 0 spiro atoms. The number of carbonyl (C=O) groups excluding carboxylic acids is 1. The number of hydrogen-bond acceptors (Lipinski definition) is 3. The summed E-state index contributed by atoms with van der Waals surface area (Å²) in [5.41, 5.74) is 1.44. The van der Waals surface area contributed by atoms with Crippen LogP contribution in [-0.4, -0.2) is 23.0 Å². The van der Waals surface area contributed by atoms with E-state index in [9.17, 15) is 4.79 Å². The van der Waals surface area contributed by atoms with E-state index in [1.54, 1.807) is 6.20 Å². The van der Waals surface area contributed by atoms with Crippen molar-refractivity contribution in [3.05, 3.63) is 34.9 Å². The third kappa shape index (κ3) is 4.02. The largest absolute Gasteiger partial charge is 0.323 e. The monoisotopic (exact) mass is 335 g/mol. The summed E-state index contributed by atoms with van der Waals surface area (Å²) in [5, 5.41) is 7.04. The van der Waals surface area contributed by atoms with Gasteiger partial charge in [-0.1, -0.05) is 12.1 Å². The van der Waals surface area contributed by atoms with Crippen molar-refractivity contribution < 1.29 is 4.79 Å². The van der Waals surface area contributed by atoms with Crippen molar-refractivity contribution in [3.63, 3.8) is 0 Å². The van der Waals surface area contributed by atoms with Crippen molar-refractivity contribution in [1.29, 1.82) is 0 Å². The summed E-state index contributed by atoms with van der Waals surface area (Å²) >= 11 is 3.39. The van der Waals surface area contributed by atoms with E-state index in [-0.39, 0.29) is 18.0 Å². The normalized spacial score (nSPS) is 11.6. The minimum absolute atomic E-state index is 0.0721. The zero-order valence-electron chi connectivity index (χ0n) is 11.8. The molecule has 0 radical (unpaired) electrons. The molecule has 2 rings (SSSR count). The maximum absolute atomic E-state index is 12.0. The van der Waals surface area contributed by atoms with Crippen LogP contribution < -0.4 is 10.6 Å². The molecule has 0 aliphatic rings. The molecule has 5 heteroatoms. The van der Waals surface area contributed by atoms with Crippen LogP contribution in [0.5, 0.6) is 0 Å². The molecule has 0 aliphatic carbocycles. The second kappa shape index (κ2) is 5.89. The van der Waals surface area contributed by atoms with Crippen LogP contribution in [0.1, 0.15) is 20.8 Å². The average molecular weight is 336 g/mol. The number of nitrogens with one attached hydrogen (secondary N) is 2.